The highest BCUT2D eigenvalue weighted by Crippen LogP contribution is 2.26. The van der Waals surface area contributed by atoms with Gasteiger partial charge in [0.25, 0.3) is 0 Å². The van der Waals surface area contributed by atoms with Crippen LogP contribution in [0, 0.1) is 0 Å². The van der Waals surface area contributed by atoms with Gasteiger partial charge in [-0.05, 0) is 23.6 Å². The summed E-state index contributed by atoms with van der Waals surface area (Å²) in [4.78, 5) is 22.3. The molecule has 21 heavy (non-hydrogen) atoms. The first-order valence-corrected chi connectivity index (χ1v) is 8.37. The lowest BCUT2D eigenvalue weighted by atomic mass is 10.3. The molecule has 0 radical (unpaired) electrons. The summed E-state index contributed by atoms with van der Waals surface area (Å²) in [5.74, 6) is -0.428. The van der Waals surface area contributed by atoms with Crippen molar-refractivity contribution in [3.05, 3.63) is 41.8 Å². The van der Waals surface area contributed by atoms with E-state index in [9.17, 15) is 14.2 Å². The fraction of sp³-hybridized carbons (Fsp3) is 0.0769. The van der Waals surface area contributed by atoms with E-state index in [1.54, 1.807) is 30.3 Å². The van der Waals surface area contributed by atoms with Crippen molar-refractivity contribution in [3.63, 3.8) is 0 Å². The van der Waals surface area contributed by atoms with Crippen LogP contribution in [0.3, 0.4) is 0 Å². The lowest BCUT2D eigenvalue weighted by Gasteiger charge is -2.10. The van der Waals surface area contributed by atoms with E-state index < -0.39 is 19.7 Å². The Kier molecular flexibility index (Phi) is 5.14. The minimum atomic E-state index is -2.17. The van der Waals surface area contributed by atoms with Crippen molar-refractivity contribution in [2.75, 3.05) is 11.9 Å². The Balaban J connectivity index is 2.15. The Morgan fingerprint density at radius 3 is 2.62 bits per heavy atom. The van der Waals surface area contributed by atoms with Crippen LogP contribution >= 0.6 is 19.1 Å². The molecule has 0 aliphatic heterocycles. The Morgan fingerprint density at radius 2 is 1.95 bits per heavy atom. The Hall–Kier alpha value is -2.11. The number of urea groups is 1. The van der Waals surface area contributed by atoms with Crippen molar-refractivity contribution < 1.29 is 14.2 Å². The standard InChI is InChI=1S/C13H14N3O3PS/c14-13(18)15-8-11(17)16-9-4-1-2-5-10(9)20(19)12-6-3-7-21-12/h1-7,20H,8H2,(H,16,17)(H3,14,15,18). The zero-order valence-electron chi connectivity index (χ0n) is 11.0. The predicted molar refractivity (Wildman–Crippen MR) is 85.2 cm³/mol. The SMILES string of the molecule is NC(=O)NCC(=O)Nc1ccccc1[PH](=O)c1cccs1. The molecule has 0 spiro atoms. The molecule has 8 heteroatoms. The van der Waals surface area contributed by atoms with Gasteiger partial charge >= 0.3 is 6.03 Å². The van der Waals surface area contributed by atoms with Gasteiger partial charge in [0.1, 0.15) is 7.80 Å². The third-order valence-electron chi connectivity index (χ3n) is 2.61. The molecule has 3 amide bonds. The Morgan fingerprint density at radius 1 is 1.19 bits per heavy atom. The van der Waals surface area contributed by atoms with Crippen LogP contribution in [-0.2, 0) is 9.36 Å². The third kappa shape index (κ3) is 4.18. The molecule has 0 fully saturated rings. The van der Waals surface area contributed by atoms with E-state index in [1.165, 1.54) is 11.3 Å². The van der Waals surface area contributed by atoms with Crippen LogP contribution in [0.5, 0.6) is 0 Å². The van der Waals surface area contributed by atoms with Crippen LogP contribution in [0.25, 0.3) is 0 Å². The zero-order chi connectivity index (χ0) is 15.2. The molecular weight excluding hydrogens is 309 g/mol. The van der Waals surface area contributed by atoms with E-state index in [0.717, 1.165) is 4.62 Å². The molecule has 0 saturated heterocycles. The number of anilines is 1. The van der Waals surface area contributed by atoms with Crippen LogP contribution in [-0.4, -0.2) is 18.5 Å². The second-order valence-corrected chi connectivity index (χ2v) is 7.16. The van der Waals surface area contributed by atoms with Gasteiger partial charge in [0, 0.05) is 5.30 Å². The first-order chi connectivity index (χ1) is 10.1. The van der Waals surface area contributed by atoms with Crippen molar-refractivity contribution >= 4 is 46.7 Å². The number of rotatable bonds is 5. The lowest BCUT2D eigenvalue weighted by molar-refractivity contribution is -0.115. The molecule has 1 aromatic heterocycles. The van der Waals surface area contributed by atoms with Gasteiger partial charge in [-0.15, -0.1) is 11.3 Å². The topological polar surface area (TPSA) is 101 Å². The number of amides is 3. The number of carbonyl (C=O) groups excluding carboxylic acids is 2. The van der Waals surface area contributed by atoms with Gasteiger partial charge in [0.2, 0.25) is 5.91 Å². The zero-order valence-corrected chi connectivity index (χ0v) is 12.8. The van der Waals surface area contributed by atoms with Gasteiger partial charge < -0.3 is 20.9 Å². The molecule has 1 unspecified atom stereocenters. The predicted octanol–water partition coefficient (Wildman–Crippen LogP) is 0.865. The first kappa shape index (κ1) is 15.3. The summed E-state index contributed by atoms with van der Waals surface area (Å²) >= 11 is 1.41. The van der Waals surface area contributed by atoms with Crippen LogP contribution in [0.15, 0.2) is 41.8 Å². The largest absolute Gasteiger partial charge is 0.352 e. The molecule has 0 saturated carbocycles. The number of thiophene rings is 1. The van der Waals surface area contributed by atoms with E-state index in [-0.39, 0.29) is 6.54 Å². The molecule has 1 atom stereocenters. The average Bonchev–Trinajstić information content (AvgIpc) is 2.99. The Labute approximate surface area is 126 Å². The normalized spacial score (nSPS) is 11.6. The Bertz CT molecular complexity index is 673. The molecule has 4 N–H and O–H groups in total. The molecule has 0 aliphatic carbocycles. The number of nitrogens with two attached hydrogens (primary N) is 1. The molecule has 0 bridgehead atoms. The maximum atomic E-state index is 12.5. The molecule has 6 nitrogen and oxygen atoms in total. The van der Waals surface area contributed by atoms with Crippen molar-refractivity contribution in [2.24, 2.45) is 5.73 Å². The maximum absolute atomic E-state index is 12.5. The number of carbonyl (C=O) groups is 2. The number of benzene rings is 1. The summed E-state index contributed by atoms with van der Waals surface area (Å²) in [5, 5.41) is 7.27. The van der Waals surface area contributed by atoms with Crippen LogP contribution in [0.4, 0.5) is 10.5 Å². The number of para-hydroxylation sites is 1. The van der Waals surface area contributed by atoms with Crippen molar-refractivity contribution in [1.29, 1.82) is 0 Å². The second kappa shape index (κ2) is 7.06. The molecule has 2 aromatic rings. The summed E-state index contributed by atoms with van der Waals surface area (Å²) in [6, 6.07) is 9.77. The molecule has 1 aromatic carbocycles. The monoisotopic (exact) mass is 323 g/mol. The van der Waals surface area contributed by atoms with Gasteiger partial charge in [-0.2, -0.15) is 0 Å². The highest BCUT2D eigenvalue weighted by atomic mass is 32.1. The van der Waals surface area contributed by atoms with Gasteiger partial charge in [0.15, 0.2) is 0 Å². The van der Waals surface area contributed by atoms with Gasteiger partial charge in [-0.25, -0.2) is 4.79 Å². The van der Waals surface area contributed by atoms with E-state index >= 15 is 0 Å². The fourth-order valence-corrected chi connectivity index (χ4v) is 4.27. The minimum absolute atomic E-state index is 0.233. The first-order valence-electron chi connectivity index (χ1n) is 6.08. The third-order valence-corrected chi connectivity index (χ3v) is 5.75. The summed E-state index contributed by atoms with van der Waals surface area (Å²) < 4.78 is 13.3. The van der Waals surface area contributed by atoms with Crippen molar-refractivity contribution in [1.82, 2.24) is 5.32 Å². The fourth-order valence-electron chi connectivity index (χ4n) is 1.69. The van der Waals surface area contributed by atoms with E-state index in [0.29, 0.717) is 11.0 Å². The molecular formula is C13H14N3O3PS. The summed E-state index contributed by atoms with van der Waals surface area (Å²) in [6.45, 7) is -0.233. The van der Waals surface area contributed by atoms with E-state index in [4.69, 9.17) is 5.73 Å². The molecule has 110 valence electrons. The number of primary amides is 1. The average molecular weight is 323 g/mol. The van der Waals surface area contributed by atoms with Crippen LogP contribution in [0.1, 0.15) is 0 Å². The van der Waals surface area contributed by atoms with Gasteiger partial charge in [0.05, 0.1) is 16.9 Å². The quantitative estimate of drug-likeness (QED) is 0.711. The molecule has 0 aliphatic rings. The summed E-state index contributed by atoms with van der Waals surface area (Å²) in [5.41, 5.74) is 5.38. The van der Waals surface area contributed by atoms with Crippen molar-refractivity contribution in [3.8, 4) is 0 Å². The van der Waals surface area contributed by atoms with E-state index in [2.05, 4.69) is 10.6 Å². The number of hydrogen-bond acceptors (Lipinski definition) is 4. The van der Waals surface area contributed by atoms with Gasteiger partial charge in [-0.1, -0.05) is 18.2 Å². The summed E-state index contributed by atoms with van der Waals surface area (Å²) in [6.07, 6.45) is 0. The van der Waals surface area contributed by atoms with Crippen LogP contribution < -0.4 is 26.3 Å². The maximum Gasteiger partial charge on any atom is 0.312 e. The van der Waals surface area contributed by atoms with Crippen molar-refractivity contribution in [2.45, 2.75) is 0 Å². The molecule has 2 rings (SSSR count). The highest BCUT2D eigenvalue weighted by molar-refractivity contribution is 7.68. The number of nitrogens with one attached hydrogen (secondary N) is 2. The smallest absolute Gasteiger partial charge is 0.312 e. The minimum Gasteiger partial charge on any atom is -0.352 e. The van der Waals surface area contributed by atoms with Gasteiger partial charge in [-0.3, -0.25) is 4.79 Å². The van der Waals surface area contributed by atoms with E-state index in [1.807, 2.05) is 11.4 Å². The van der Waals surface area contributed by atoms with Crippen LogP contribution in [0.2, 0.25) is 0 Å². The lowest BCUT2D eigenvalue weighted by Crippen LogP contribution is -2.36. The molecule has 1 heterocycles. The second-order valence-electron chi connectivity index (χ2n) is 4.12. The highest BCUT2D eigenvalue weighted by Gasteiger charge is 2.14. The summed E-state index contributed by atoms with van der Waals surface area (Å²) in [7, 11) is -2.17. The number of hydrogen-bond donors (Lipinski definition) is 3.